The van der Waals surface area contributed by atoms with Crippen LogP contribution in [0.25, 0.3) is 0 Å². The molecule has 0 amide bonds. The van der Waals surface area contributed by atoms with Gasteiger partial charge < -0.3 is 5.32 Å². The molecule has 3 rings (SSSR count). The Hall–Kier alpha value is -1.28. The molecular formula is C18H20BrN. The van der Waals surface area contributed by atoms with Gasteiger partial charge in [-0.15, -0.1) is 0 Å². The minimum Gasteiger partial charge on any atom is -0.382 e. The van der Waals surface area contributed by atoms with Crippen LogP contribution in [-0.4, -0.2) is 6.04 Å². The molecule has 0 radical (unpaired) electrons. The molecule has 20 heavy (non-hydrogen) atoms. The first-order valence-electron chi connectivity index (χ1n) is 7.36. The molecule has 104 valence electrons. The van der Waals surface area contributed by atoms with Crippen molar-refractivity contribution in [3.8, 4) is 0 Å². The molecule has 1 N–H and O–H groups in total. The molecule has 0 unspecified atom stereocenters. The summed E-state index contributed by atoms with van der Waals surface area (Å²) in [6.45, 7) is 2.19. The van der Waals surface area contributed by atoms with E-state index in [1.807, 2.05) is 0 Å². The molecule has 2 aromatic rings. The van der Waals surface area contributed by atoms with Gasteiger partial charge in [0.25, 0.3) is 0 Å². The molecule has 0 saturated heterocycles. The van der Waals surface area contributed by atoms with Gasteiger partial charge in [0.15, 0.2) is 0 Å². The molecule has 0 aromatic heterocycles. The van der Waals surface area contributed by atoms with Crippen LogP contribution >= 0.6 is 15.9 Å². The fourth-order valence-corrected chi connectivity index (χ4v) is 3.48. The molecular weight excluding hydrogens is 310 g/mol. The van der Waals surface area contributed by atoms with Crippen molar-refractivity contribution in [3.05, 3.63) is 64.1 Å². The quantitative estimate of drug-likeness (QED) is 0.795. The largest absolute Gasteiger partial charge is 0.382 e. The van der Waals surface area contributed by atoms with Gasteiger partial charge in [0, 0.05) is 16.2 Å². The van der Waals surface area contributed by atoms with E-state index in [-0.39, 0.29) is 0 Å². The molecule has 0 atom stereocenters. The van der Waals surface area contributed by atoms with Crippen LogP contribution in [-0.2, 0) is 6.42 Å². The lowest BCUT2D eigenvalue weighted by molar-refractivity contribution is 0.373. The highest BCUT2D eigenvalue weighted by Crippen LogP contribution is 2.41. The van der Waals surface area contributed by atoms with Gasteiger partial charge >= 0.3 is 0 Å². The van der Waals surface area contributed by atoms with Crippen LogP contribution < -0.4 is 5.32 Å². The van der Waals surface area contributed by atoms with Gasteiger partial charge in [-0.1, -0.05) is 53.2 Å². The molecule has 1 aliphatic rings. The first kappa shape index (κ1) is 13.7. The number of anilines is 1. The van der Waals surface area contributed by atoms with Crippen molar-refractivity contribution in [2.75, 3.05) is 5.32 Å². The molecule has 0 aliphatic heterocycles. The Balaban J connectivity index is 1.56. The molecule has 2 heteroatoms. The van der Waals surface area contributed by atoms with Crippen molar-refractivity contribution < 1.29 is 0 Å². The van der Waals surface area contributed by atoms with Gasteiger partial charge in [-0.05, 0) is 54.5 Å². The summed E-state index contributed by atoms with van der Waals surface area (Å²) in [5.41, 5.74) is 4.10. The molecule has 1 nitrogen and oxygen atoms in total. The summed E-state index contributed by atoms with van der Waals surface area (Å²) in [5.74, 6) is 0.693. The lowest BCUT2D eigenvalue weighted by Crippen LogP contribution is -2.34. The standard InChI is InChI=1S/C18H20BrN/c1-2-13-7-9-15(10-8-13)20-16-11-14(12-16)17-5-3-4-6-18(17)19/h3-10,14,16,20H,2,11-12H2,1H3. The SMILES string of the molecule is CCc1ccc(NC2CC(c3ccccc3Br)C2)cc1. The highest BCUT2D eigenvalue weighted by Gasteiger charge is 2.31. The second-order valence-electron chi connectivity index (χ2n) is 5.58. The van der Waals surface area contributed by atoms with Crippen LogP contribution in [0.3, 0.4) is 0 Å². The van der Waals surface area contributed by atoms with E-state index in [0.717, 1.165) is 6.42 Å². The van der Waals surface area contributed by atoms with Gasteiger partial charge in [0.2, 0.25) is 0 Å². The molecule has 0 bridgehead atoms. The van der Waals surface area contributed by atoms with E-state index in [1.165, 1.54) is 34.1 Å². The highest BCUT2D eigenvalue weighted by atomic mass is 79.9. The Morgan fingerprint density at radius 2 is 1.75 bits per heavy atom. The average molecular weight is 330 g/mol. The maximum absolute atomic E-state index is 3.65. The number of rotatable bonds is 4. The van der Waals surface area contributed by atoms with Crippen LogP contribution in [0.1, 0.15) is 36.8 Å². The minimum absolute atomic E-state index is 0.611. The summed E-state index contributed by atoms with van der Waals surface area (Å²) in [6, 6.07) is 18.0. The summed E-state index contributed by atoms with van der Waals surface area (Å²) in [7, 11) is 0. The Morgan fingerprint density at radius 3 is 2.40 bits per heavy atom. The summed E-state index contributed by atoms with van der Waals surface area (Å²) >= 11 is 3.65. The Labute approximate surface area is 129 Å². The van der Waals surface area contributed by atoms with E-state index in [1.54, 1.807) is 0 Å². The van der Waals surface area contributed by atoms with Crippen LogP contribution in [0.15, 0.2) is 53.0 Å². The first-order chi connectivity index (χ1) is 9.76. The second-order valence-corrected chi connectivity index (χ2v) is 6.44. The van der Waals surface area contributed by atoms with E-state index < -0.39 is 0 Å². The monoisotopic (exact) mass is 329 g/mol. The van der Waals surface area contributed by atoms with Gasteiger partial charge in [-0.25, -0.2) is 0 Å². The maximum Gasteiger partial charge on any atom is 0.0342 e. The summed E-state index contributed by atoms with van der Waals surface area (Å²) < 4.78 is 1.25. The maximum atomic E-state index is 3.65. The third kappa shape index (κ3) is 2.90. The molecule has 1 saturated carbocycles. The van der Waals surface area contributed by atoms with Crippen molar-refractivity contribution in [2.45, 2.75) is 38.1 Å². The van der Waals surface area contributed by atoms with Gasteiger partial charge in [-0.2, -0.15) is 0 Å². The van der Waals surface area contributed by atoms with E-state index in [0.29, 0.717) is 12.0 Å². The number of benzene rings is 2. The average Bonchev–Trinajstić information content (AvgIpc) is 2.44. The second kappa shape index (κ2) is 6.01. The number of hydrogen-bond donors (Lipinski definition) is 1. The van der Waals surface area contributed by atoms with Crippen molar-refractivity contribution in [1.82, 2.24) is 0 Å². The summed E-state index contributed by atoms with van der Waals surface area (Å²) in [6.07, 6.45) is 3.55. The van der Waals surface area contributed by atoms with Crippen molar-refractivity contribution in [1.29, 1.82) is 0 Å². The zero-order chi connectivity index (χ0) is 13.9. The smallest absolute Gasteiger partial charge is 0.0342 e. The summed E-state index contributed by atoms with van der Waals surface area (Å²) in [5, 5.41) is 3.63. The predicted octanol–water partition coefficient (Wildman–Crippen LogP) is 5.37. The number of aryl methyl sites for hydroxylation is 1. The zero-order valence-corrected chi connectivity index (χ0v) is 13.4. The van der Waals surface area contributed by atoms with Crippen molar-refractivity contribution >= 4 is 21.6 Å². The van der Waals surface area contributed by atoms with Crippen LogP contribution in [0.5, 0.6) is 0 Å². The Bertz CT molecular complexity index is 570. The first-order valence-corrected chi connectivity index (χ1v) is 8.15. The molecule has 0 heterocycles. The Morgan fingerprint density at radius 1 is 1.05 bits per heavy atom. The molecule has 1 aliphatic carbocycles. The van der Waals surface area contributed by atoms with Gasteiger partial charge in [0.1, 0.15) is 0 Å². The number of nitrogens with one attached hydrogen (secondary N) is 1. The normalized spacial score (nSPS) is 21.3. The predicted molar refractivity (Wildman–Crippen MR) is 89.3 cm³/mol. The fourth-order valence-electron chi connectivity index (χ4n) is 2.87. The number of hydrogen-bond acceptors (Lipinski definition) is 1. The highest BCUT2D eigenvalue weighted by molar-refractivity contribution is 9.10. The topological polar surface area (TPSA) is 12.0 Å². The third-order valence-corrected chi connectivity index (χ3v) is 4.94. The zero-order valence-electron chi connectivity index (χ0n) is 11.8. The molecule has 0 spiro atoms. The van der Waals surface area contributed by atoms with Crippen molar-refractivity contribution in [2.24, 2.45) is 0 Å². The number of halogens is 1. The molecule has 2 aromatic carbocycles. The third-order valence-electron chi connectivity index (χ3n) is 4.22. The summed E-state index contributed by atoms with van der Waals surface area (Å²) in [4.78, 5) is 0. The van der Waals surface area contributed by atoms with E-state index >= 15 is 0 Å². The van der Waals surface area contributed by atoms with E-state index in [2.05, 4.69) is 76.7 Å². The van der Waals surface area contributed by atoms with Crippen LogP contribution in [0.2, 0.25) is 0 Å². The van der Waals surface area contributed by atoms with E-state index in [9.17, 15) is 0 Å². The lowest BCUT2D eigenvalue weighted by atomic mass is 9.76. The van der Waals surface area contributed by atoms with Gasteiger partial charge in [0.05, 0.1) is 0 Å². The van der Waals surface area contributed by atoms with Crippen LogP contribution in [0, 0.1) is 0 Å². The van der Waals surface area contributed by atoms with Crippen LogP contribution in [0.4, 0.5) is 5.69 Å². The molecule has 1 fully saturated rings. The Kier molecular flexibility index (Phi) is 4.11. The van der Waals surface area contributed by atoms with Gasteiger partial charge in [-0.3, -0.25) is 0 Å². The van der Waals surface area contributed by atoms with Crippen molar-refractivity contribution in [3.63, 3.8) is 0 Å². The lowest BCUT2D eigenvalue weighted by Gasteiger charge is -2.37. The van der Waals surface area contributed by atoms with E-state index in [4.69, 9.17) is 0 Å². The minimum atomic E-state index is 0.611. The fraction of sp³-hybridized carbons (Fsp3) is 0.333.